The number of carbonyl (C=O) groups excluding carboxylic acids is 1. The van der Waals surface area contributed by atoms with Crippen molar-refractivity contribution in [3.05, 3.63) is 59.0 Å². The van der Waals surface area contributed by atoms with Crippen LogP contribution in [0, 0.1) is 6.92 Å². The van der Waals surface area contributed by atoms with Crippen LogP contribution in [-0.2, 0) is 6.42 Å². The highest BCUT2D eigenvalue weighted by molar-refractivity contribution is 5.93. The topological polar surface area (TPSA) is 88.8 Å². The van der Waals surface area contributed by atoms with Crippen LogP contribution in [0.15, 0.2) is 36.7 Å². The predicted octanol–water partition coefficient (Wildman–Crippen LogP) is 2.60. The Balaban J connectivity index is 1.60. The summed E-state index contributed by atoms with van der Waals surface area (Å²) in [6, 6.07) is 7.55. The number of hydrogen-bond donors (Lipinski definition) is 2. The van der Waals surface area contributed by atoms with Crippen LogP contribution in [0.1, 0.15) is 53.5 Å². The van der Waals surface area contributed by atoms with Gasteiger partial charge in [-0.1, -0.05) is 12.1 Å². The van der Waals surface area contributed by atoms with Gasteiger partial charge in [0, 0.05) is 37.1 Å². The van der Waals surface area contributed by atoms with Gasteiger partial charge < -0.3 is 15.2 Å². The van der Waals surface area contributed by atoms with Crippen LogP contribution in [0.4, 0.5) is 0 Å². The van der Waals surface area contributed by atoms with Crippen molar-refractivity contribution in [2.75, 3.05) is 6.61 Å². The lowest BCUT2D eigenvalue weighted by molar-refractivity contribution is 0.0617. The van der Waals surface area contributed by atoms with E-state index in [4.69, 9.17) is 9.84 Å². The van der Waals surface area contributed by atoms with Crippen LogP contribution in [-0.4, -0.2) is 37.8 Å². The maximum absolute atomic E-state index is 12.9. The number of hydrogen-bond acceptors (Lipinski definition) is 5. The fraction of sp³-hybridized carbons (Fsp3) is 0.381. The van der Waals surface area contributed by atoms with Crippen LogP contribution >= 0.6 is 0 Å². The Kier molecular flexibility index (Phi) is 4.55. The molecule has 7 nitrogen and oxygen atoms in total. The smallest absolute Gasteiger partial charge is 0.272 e. The SMILES string of the molecule is Cc1ccc2c(c1)OC(C)(C)C[C@@H]2NC(=O)c1cc2ncc(CCO)cn2n1. The van der Waals surface area contributed by atoms with Crippen LogP contribution in [0.2, 0.25) is 0 Å². The monoisotopic (exact) mass is 380 g/mol. The second-order valence-electron chi connectivity index (χ2n) is 7.90. The Hall–Kier alpha value is -2.93. The number of carbonyl (C=O) groups is 1. The average Bonchev–Trinajstić information content (AvgIpc) is 3.04. The zero-order valence-electron chi connectivity index (χ0n) is 16.3. The third-order valence-corrected chi connectivity index (χ3v) is 4.93. The Morgan fingerprint density at radius 3 is 3.00 bits per heavy atom. The standard InChI is InChI=1S/C21H24N4O3/c1-13-4-5-15-17(10-21(2,3)28-18(15)8-13)23-20(27)16-9-19-22-11-14(6-7-26)12-25(19)24-16/h4-5,8-9,11-12,17,26H,6-7,10H2,1-3H3,(H,23,27)/t17-/m0/s1. The van der Waals surface area contributed by atoms with Gasteiger partial charge in [0.2, 0.25) is 0 Å². The maximum atomic E-state index is 12.9. The van der Waals surface area contributed by atoms with Crippen molar-refractivity contribution in [3.63, 3.8) is 0 Å². The van der Waals surface area contributed by atoms with E-state index in [1.807, 2.05) is 39.0 Å². The third-order valence-electron chi connectivity index (χ3n) is 4.93. The van der Waals surface area contributed by atoms with Crippen LogP contribution in [0.3, 0.4) is 0 Å². The van der Waals surface area contributed by atoms with E-state index in [1.165, 1.54) is 0 Å². The van der Waals surface area contributed by atoms with Crippen molar-refractivity contribution in [1.29, 1.82) is 0 Å². The molecule has 4 rings (SSSR count). The summed E-state index contributed by atoms with van der Waals surface area (Å²) in [6.07, 6.45) is 4.64. The van der Waals surface area contributed by atoms with Gasteiger partial charge in [-0.3, -0.25) is 4.79 Å². The van der Waals surface area contributed by atoms with Gasteiger partial charge in [0.25, 0.3) is 5.91 Å². The summed E-state index contributed by atoms with van der Waals surface area (Å²) in [5.41, 5.74) is 3.48. The summed E-state index contributed by atoms with van der Waals surface area (Å²) in [4.78, 5) is 17.2. The fourth-order valence-electron chi connectivity index (χ4n) is 3.60. The van der Waals surface area contributed by atoms with E-state index in [0.29, 0.717) is 24.2 Å². The van der Waals surface area contributed by atoms with E-state index < -0.39 is 0 Å². The van der Waals surface area contributed by atoms with E-state index in [-0.39, 0.29) is 24.2 Å². The van der Waals surface area contributed by atoms with Crippen molar-refractivity contribution in [2.45, 2.75) is 45.3 Å². The third kappa shape index (κ3) is 3.57. The molecule has 0 radical (unpaired) electrons. The number of nitrogens with one attached hydrogen (secondary N) is 1. The van der Waals surface area contributed by atoms with Gasteiger partial charge in [-0.2, -0.15) is 5.10 Å². The van der Waals surface area contributed by atoms with Crippen LogP contribution in [0.25, 0.3) is 5.65 Å². The number of benzene rings is 1. The van der Waals surface area contributed by atoms with E-state index in [2.05, 4.69) is 15.4 Å². The van der Waals surface area contributed by atoms with Crippen molar-refractivity contribution in [2.24, 2.45) is 0 Å². The van der Waals surface area contributed by atoms with Gasteiger partial charge in [-0.25, -0.2) is 9.50 Å². The Bertz CT molecular complexity index is 1040. The number of aromatic nitrogens is 3. The molecule has 0 fully saturated rings. The normalized spacial score (nSPS) is 17.8. The van der Waals surface area contributed by atoms with Gasteiger partial charge in [0.05, 0.1) is 6.04 Å². The number of rotatable bonds is 4. The fourth-order valence-corrected chi connectivity index (χ4v) is 3.60. The van der Waals surface area contributed by atoms with E-state index in [1.54, 1.807) is 23.0 Å². The van der Waals surface area contributed by atoms with Crippen LogP contribution in [0.5, 0.6) is 5.75 Å². The zero-order chi connectivity index (χ0) is 19.9. The van der Waals surface area contributed by atoms with E-state index >= 15 is 0 Å². The lowest BCUT2D eigenvalue weighted by atomic mass is 9.89. The molecule has 7 heteroatoms. The Morgan fingerprint density at radius 1 is 1.39 bits per heavy atom. The molecular formula is C21H24N4O3. The van der Waals surface area contributed by atoms with Gasteiger partial charge in [0.15, 0.2) is 11.3 Å². The Morgan fingerprint density at radius 2 is 2.21 bits per heavy atom. The maximum Gasteiger partial charge on any atom is 0.272 e. The highest BCUT2D eigenvalue weighted by Gasteiger charge is 2.35. The van der Waals surface area contributed by atoms with Gasteiger partial charge in [-0.05, 0) is 44.4 Å². The molecule has 0 saturated carbocycles. The van der Waals surface area contributed by atoms with Crippen molar-refractivity contribution < 1.29 is 14.6 Å². The number of aliphatic hydroxyl groups excluding tert-OH is 1. The highest BCUT2D eigenvalue weighted by atomic mass is 16.5. The van der Waals surface area contributed by atoms with Crippen molar-refractivity contribution in [3.8, 4) is 5.75 Å². The number of aliphatic hydroxyl groups is 1. The molecule has 2 aromatic heterocycles. The summed E-state index contributed by atoms with van der Waals surface area (Å²) < 4.78 is 7.67. The largest absolute Gasteiger partial charge is 0.487 e. The van der Waals surface area contributed by atoms with Crippen molar-refractivity contribution in [1.82, 2.24) is 19.9 Å². The first kappa shape index (κ1) is 18.4. The molecule has 1 aliphatic heterocycles. The highest BCUT2D eigenvalue weighted by Crippen LogP contribution is 2.40. The second kappa shape index (κ2) is 6.91. The molecule has 0 saturated heterocycles. The van der Waals surface area contributed by atoms with Crippen LogP contribution < -0.4 is 10.1 Å². The molecule has 0 bridgehead atoms. The van der Waals surface area contributed by atoms with Gasteiger partial charge >= 0.3 is 0 Å². The summed E-state index contributed by atoms with van der Waals surface area (Å²) in [7, 11) is 0. The number of aryl methyl sites for hydroxylation is 1. The minimum atomic E-state index is -0.377. The number of ether oxygens (including phenoxy) is 1. The molecule has 3 heterocycles. The lowest BCUT2D eigenvalue weighted by Gasteiger charge is -2.38. The lowest BCUT2D eigenvalue weighted by Crippen LogP contribution is -2.41. The number of nitrogens with zero attached hydrogens (tertiary/aromatic N) is 3. The first-order chi connectivity index (χ1) is 13.3. The first-order valence-electron chi connectivity index (χ1n) is 9.40. The summed E-state index contributed by atoms with van der Waals surface area (Å²) in [5.74, 6) is 0.565. The molecule has 146 valence electrons. The summed E-state index contributed by atoms with van der Waals surface area (Å²) >= 11 is 0. The molecule has 0 aliphatic carbocycles. The van der Waals surface area contributed by atoms with Crippen molar-refractivity contribution >= 4 is 11.6 Å². The minimum Gasteiger partial charge on any atom is -0.487 e. The molecule has 3 aromatic rings. The predicted molar refractivity (Wildman–Crippen MR) is 104 cm³/mol. The van der Waals surface area contributed by atoms with E-state index in [0.717, 1.165) is 22.4 Å². The zero-order valence-corrected chi connectivity index (χ0v) is 16.3. The molecule has 1 amide bonds. The molecule has 1 aromatic carbocycles. The second-order valence-corrected chi connectivity index (χ2v) is 7.90. The molecule has 1 atom stereocenters. The molecule has 2 N–H and O–H groups in total. The number of amides is 1. The quantitative estimate of drug-likeness (QED) is 0.726. The number of fused-ring (bicyclic) bond motifs is 2. The molecule has 28 heavy (non-hydrogen) atoms. The van der Waals surface area contributed by atoms with E-state index in [9.17, 15) is 4.79 Å². The minimum absolute atomic E-state index is 0.0419. The molecule has 0 unspecified atom stereocenters. The Labute approximate surface area is 163 Å². The van der Waals surface area contributed by atoms with Gasteiger partial charge in [-0.15, -0.1) is 0 Å². The summed E-state index contributed by atoms with van der Waals surface area (Å²) in [6.45, 7) is 6.11. The molecular weight excluding hydrogens is 356 g/mol. The summed E-state index contributed by atoms with van der Waals surface area (Å²) in [5, 5.41) is 16.5. The van der Waals surface area contributed by atoms with Gasteiger partial charge in [0.1, 0.15) is 11.4 Å². The first-order valence-corrected chi connectivity index (χ1v) is 9.40. The average molecular weight is 380 g/mol. The molecule has 1 aliphatic rings. The molecule has 0 spiro atoms.